The van der Waals surface area contributed by atoms with Crippen LogP contribution in [0, 0.1) is 0 Å². The Labute approximate surface area is 276 Å². The van der Waals surface area contributed by atoms with Crippen molar-refractivity contribution in [3.63, 3.8) is 0 Å². The highest BCUT2D eigenvalue weighted by Gasteiger charge is 2.17. The van der Waals surface area contributed by atoms with Crippen molar-refractivity contribution >= 4 is 65.2 Å². The summed E-state index contributed by atoms with van der Waals surface area (Å²) in [6.45, 7) is 0. The summed E-state index contributed by atoms with van der Waals surface area (Å²) < 4.78 is 0. The Bertz CT molecular complexity index is 2890. The molecule has 4 heteroatoms. The van der Waals surface area contributed by atoms with Crippen LogP contribution in [-0.4, -0.2) is 19.9 Å². The largest absolute Gasteiger partial charge is 0.256 e. The molecular formula is C44H26N4. The average molecular weight is 611 g/mol. The van der Waals surface area contributed by atoms with Crippen LogP contribution in [0.1, 0.15) is 0 Å². The van der Waals surface area contributed by atoms with Crippen molar-refractivity contribution in [1.29, 1.82) is 0 Å². The summed E-state index contributed by atoms with van der Waals surface area (Å²) in [6.07, 6.45) is 5.55. The third-order valence-corrected chi connectivity index (χ3v) is 9.56. The lowest BCUT2D eigenvalue weighted by atomic mass is 9.91. The molecule has 0 aliphatic rings. The van der Waals surface area contributed by atoms with Crippen molar-refractivity contribution < 1.29 is 0 Å². The summed E-state index contributed by atoms with van der Waals surface area (Å²) in [5.74, 6) is 0. The topological polar surface area (TPSA) is 51.6 Å². The van der Waals surface area contributed by atoms with E-state index < -0.39 is 0 Å². The molecule has 0 N–H and O–H groups in total. The van der Waals surface area contributed by atoms with E-state index in [1.807, 2.05) is 36.8 Å². The Morgan fingerprint density at radius 2 is 1.02 bits per heavy atom. The van der Waals surface area contributed by atoms with Crippen LogP contribution >= 0.6 is 0 Å². The van der Waals surface area contributed by atoms with E-state index in [1.165, 1.54) is 21.5 Å². The van der Waals surface area contributed by atoms with Gasteiger partial charge in [-0.3, -0.25) is 15.0 Å². The molecule has 0 bridgehead atoms. The highest BCUT2D eigenvalue weighted by atomic mass is 14.7. The first-order valence-electron chi connectivity index (χ1n) is 16.1. The number of aromatic nitrogens is 4. The van der Waals surface area contributed by atoms with E-state index in [-0.39, 0.29) is 0 Å². The van der Waals surface area contributed by atoms with Gasteiger partial charge in [0.25, 0.3) is 0 Å². The van der Waals surface area contributed by atoms with Gasteiger partial charge in [-0.05, 0) is 63.9 Å². The van der Waals surface area contributed by atoms with Crippen molar-refractivity contribution in [3.05, 3.63) is 158 Å². The molecule has 0 unspecified atom stereocenters. The zero-order valence-corrected chi connectivity index (χ0v) is 25.8. The number of fused-ring (bicyclic) bond motifs is 9. The molecule has 4 aromatic heterocycles. The minimum Gasteiger partial charge on any atom is -0.256 e. The summed E-state index contributed by atoms with van der Waals surface area (Å²) in [5.41, 5.74) is 10.2. The van der Waals surface area contributed by atoms with Crippen LogP contribution in [0.15, 0.2) is 158 Å². The second-order valence-electron chi connectivity index (χ2n) is 12.2. The molecule has 0 amide bonds. The minimum atomic E-state index is 0.905. The number of rotatable bonds is 3. The maximum absolute atomic E-state index is 5.26. The van der Waals surface area contributed by atoms with Gasteiger partial charge in [-0.25, -0.2) is 4.98 Å². The molecule has 6 aromatic carbocycles. The van der Waals surface area contributed by atoms with Crippen molar-refractivity contribution in [1.82, 2.24) is 19.9 Å². The number of nitrogens with zero attached hydrogens (tertiary/aromatic N) is 4. The molecule has 4 nitrogen and oxygen atoms in total. The van der Waals surface area contributed by atoms with Crippen LogP contribution in [0.4, 0.5) is 0 Å². The lowest BCUT2D eigenvalue weighted by Gasteiger charge is -2.15. The normalized spacial score (nSPS) is 11.8. The van der Waals surface area contributed by atoms with Gasteiger partial charge in [0.15, 0.2) is 0 Å². The molecule has 0 fully saturated rings. The monoisotopic (exact) mass is 610 g/mol. The fourth-order valence-corrected chi connectivity index (χ4v) is 7.42. The van der Waals surface area contributed by atoms with Gasteiger partial charge < -0.3 is 0 Å². The maximum atomic E-state index is 5.26. The number of benzene rings is 6. The highest BCUT2D eigenvalue weighted by molar-refractivity contribution is 6.22. The van der Waals surface area contributed by atoms with E-state index in [0.29, 0.717) is 0 Å². The van der Waals surface area contributed by atoms with Crippen molar-refractivity contribution in [2.75, 3.05) is 0 Å². The number of pyridine rings is 4. The lowest BCUT2D eigenvalue weighted by Crippen LogP contribution is -1.93. The fourth-order valence-electron chi connectivity index (χ4n) is 7.42. The Kier molecular flexibility index (Phi) is 5.84. The molecule has 0 aliphatic carbocycles. The fraction of sp³-hybridized carbons (Fsp3) is 0. The Hall–Kier alpha value is -6.52. The molecule has 0 saturated heterocycles. The summed E-state index contributed by atoms with van der Waals surface area (Å²) >= 11 is 0. The molecular weight excluding hydrogens is 585 g/mol. The van der Waals surface area contributed by atoms with E-state index in [2.05, 4.69) is 126 Å². The Balaban J connectivity index is 1.19. The van der Waals surface area contributed by atoms with Gasteiger partial charge in [0.05, 0.1) is 27.8 Å². The first kappa shape index (κ1) is 26.7. The Morgan fingerprint density at radius 1 is 0.354 bits per heavy atom. The van der Waals surface area contributed by atoms with Crippen molar-refractivity contribution in [3.8, 4) is 33.5 Å². The van der Waals surface area contributed by atoms with Crippen LogP contribution < -0.4 is 0 Å². The molecule has 222 valence electrons. The zero-order valence-electron chi connectivity index (χ0n) is 25.8. The van der Waals surface area contributed by atoms with Crippen molar-refractivity contribution in [2.24, 2.45) is 0 Å². The second-order valence-corrected chi connectivity index (χ2v) is 12.2. The van der Waals surface area contributed by atoms with E-state index in [1.54, 1.807) is 0 Å². The molecule has 0 atom stereocenters. The molecule has 10 rings (SSSR count). The van der Waals surface area contributed by atoms with E-state index >= 15 is 0 Å². The van der Waals surface area contributed by atoms with Crippen LogP contribution in [0.5, 0.6) is 0 Å². The van der Waals surface area contributed by atoms with Crippen molar-refractivity contribution in [2.45, 2.75) is 0 Å². The SMILES string of the molecule is c1cc(-c2nc3ccccc3c3c2ccc2ccccc23)cc(-c2ccc(-c3cc4cccnc4c4ncccc34)c3cccnc23)c1. The van der Waals surface area contributed by atoms with E-state index in [9.17, 15) is 0 Å². The summed E-state index contributed by atoms with van der Waals surface area (Å²) in [6, 6.07) is 49.3. The van der Waals surface area contributed by atoms with Crippen LogP contribution in [-0.2, 0) is 0 Å². The number of hydrogen-bond donors (Lipinski definition) is 0. The third-order valence-electron chi connectivity index (χ3n) is 9.56. The van der Waals surface area contributed by atoms with Gasteiger partial charge in [0.1, 0.15) is 0 Å². The van der Waals surface area contributed by atoms with Crippen LogP contribution in [0.25, 0.3) is 98.7 Å². The van der Waals surface area contributed by atoms with Gasteiger partial charge in [0.2, 0.25) is 0 Å². The molecule has 0 radical (unpaired) electrons. The molecule has 0 spiro atoms. The number of hydrogen-bond acceptors (Lipinski definition) is 4. The predicted octanol–water partition coefficient (Wildman–Crippen LogP) is 11.2. The van der Waals surface area contributed by atoms with Crippen LogP contribution in [0.3, 0.4) is 0 Å². The van der Waals surface area contributed by atoms with E-state index in [4.69, 9.17) is 15.0 Å². The molecule has 48 heavy (non-hydrogen) atoms. The Morgan fingerprint density at radius 3 is 1.92 bits per heavy atom. The maximum Gasteiger partial charge on any atom is 0.0970 e. The van der Waals surface area contributed by atoms with E-state index in [0.717, 1.165) is 77.1 Å². The first-order chi connectivity index (χ1) is 23.8. The smallest absolute Gasteiger partial charge is 0.0970 e. The molecule has 0 aliphatic heterocycles. The standard InChI is InChI=1S/C44H26N4/c1-2-13-31-27(9-1)18-19-37-40(31)36-14-3-4-17-39(36)48-41(37)29-11-5-10-28(25-29)32-20-21-33(34-15-7-23-46-43(32)34)38-26-30-12-6-22-45-42(30)44-35(38)16-8-24-47-44/h1-26H. The summed E-state index contributed by atoms with van der Waals surface area (Å²) in [5, 5.41) is 9.25. The lowest BCUT2D eigenvalue weighted by molar-refractivity contribution is 1.37. The van der Waals surface area contributed by atoms with Gasteiger partial charge in [-0.1, -0.05) is 103 Å². The van der Waals surface area contributed by atoms with Gasteiger partial charge in [-0.2, -0.15) is 0 Å². The number of para-hydroxylation sites is 1. The molecule has 0 saturated carbocycles. The van der Waals surface area contributed by atoms with Gasteiger partial charge >= 0.3 is 0 Å². The molecule has 4 heterocycles. The van der Waals surface area contributed by atoms with Crippen LogP contribution in [0.2, 0.25) is 0 Å². The quantitative estimate of drug-likeness (QED) is 0.187. The minimum absolute atomic E-state index is 0.905. The van der Waals surface area contributed by atoms with Gasteiger partial charge in [0, 0.05) is 62.0 Å². The second kappa shape index (κ2) is 10.5. The van der Waals surface area contributed by atoms with Gasteiger partial charge in [-0.15, -0.1) is 0 Å². The third kappa shape index (κ3) is 4.03. The summed E-state index contributed by atoms with van der Waals surface area (Å²) in [7, 11) is 0. The highest BCUT2D eigenvalue weighted by Crippen LogP contribution is 2.41. The summed E-state index contributed by atoms with van der Waals surface area (Å²) in [4.78, 5) is 19.6. The average Bonchev–Trinajstić information content (AvgIpc) is 3.16. The predicted molar refractivity (Wildman–Crippen MR) is 199 cm³/mol. The molecule has 10 aromatic rings. The zero-order chi connectivity index (χ0) is 31.6. The first-order valence-corrected chi connectivity index (χ1v) is 16.1.